The number of rotatable bonds is 2. The van der Waals surface area contributed by atoms with E-state index in [-0.39, 0.29) is 17.5 Å². The van der Waals surface area contributed by atoms with E-state index in [4.69, 9.17) is 4.74 Å². The Morgan fingerprint density at radius 2 is 1.96 bits per heavy atom. The molecule has 142 valence electrons. The largest absolute Gasteiger partial charge is 0.447 e. The van der Waals surface area contributed by atoms with E-state index in [2.05, 4.69) is 31.1 Å². The zero-order chi connectivity index (χ0) is 19.8. The summed E-state index contributed by atoms with van der Waals surface area (Å²) in [5.74, 6) is -0.513. The van der Waals surface area contributed by atoms with Crippen LogP contribution >= 0.6 is 27.7 Å². The van der Waals surface area contributed by atoms with Crippen LogP contribution in [0.4, 0.5) is 10.1 Å². The van der Waals surface area contributed by atoms with Gasteiger partial charge in [-0.3, -0.25) is 9.69 Å². The molecule has 9 heteroatoms. The monoisotopic (exact) mass is 460 g/mol. The van der Waals surface area contributed by atoms with Crippen molar-refractivity contribution in [3.05, 3.63) is 58.3 Å². The van der Waals surface area contributed by atoms with Crippen LogP contribution in [0.15, 0.2) is 52.1 Å². The van der Waals surface area contributed by atoms with Gasteiger partial charge < -0.3 is 4.74 Å². The van der Waals surface area contributed by atoms with Gasteiger partial charge in [0.05, 0.1) is 5.69 Å². The summed E-state index contributed by atoms with van der Waals surface area (Å²) in [7, 11) is 0. The number of ether oxygens (including phenoxy) is 1. The molecule has 28 heavy (non-hydrogen) atoms. The molecule has 0 saturated carbocycles. The molecular weight excluding hydrogens is 447 g/mol. The number of nitrogens with zero attached hydrogens (tertiary/aromatic N) is 4. The first-order valence-electron chi connectivity index (χ1n) is 8.28. The highest BCUT2D eigenvalue weighted by Crippen LogP contribution is 2.43. The Morgan fingerprint density at radius 1 is 1.21 bits per heavy atom. The zero-order valence-corrected chi connectivity index (χ0v) is 17.3. The first kappa shape index (κ1) is 18.8. The summed E-state index contributed by atoms with van der Waals surface area (Å²) in [6, 6.07) is 11.6. The van der Waals surface area contributed by atoms with E-state index in [9.17, 15) is 9.18 Å². The number of carbonyl (C=O) groups excluding carboxylic acids is 1. The number of amides is 1. The first-order valence-corrected chi connectivity index (χ1v) is 10.3. The molecule has 0 aliphatic carbocycles. The Hall–Kier alpha value is -2.52. The molecule has 2 aromatic carbocycles. The lowest BCUT2D eigenvalue weighted by molar-refractivity contribution is -0.118. The van der Waals surface area contributed by atoms with Crippen molar-refractivity contribution in [2.75, 3.05) is 11.2 Å². The van der Waals surface area contributed by atoms with E-state index in [1.807, 2.05) is 30.5 Å². The third kappa shape index (κ3) is 3.35. The summed E-state index contributed by atoms with van der Waals surface area (Å²) in [6.45, 7) is 1.44. The van der Waals surface area contributed by atoms with Crippen LogP contribution in [-0.2, 0) is 4.79 Å². The second-order valence-corrected chi connectivity index (χ2v) is 7.71. The first-order chi connectivity index (χ1) is 13.5. The minimum Gasteiger partial charge on any atom is -0.447 e. The van der Waals surface area contributed by atoms with E-state index < -0.39 is 12.0 Å². The number of carbonyl (C=O) groups is 1. The Kier molecular flexibility index (Phi) is 5.03. The lowest BCUT2D eigenvalue weighted by atomic mass is 10.1. The number of halogens is 2. The molecule has 1 aliphatic rings. The van der Waals surface area contributed by atoms with Crippen molar-refractivity contribution in [3.63, 3.8) is 0 Å². The van der Waals surface area contributed by atoms with E-state index in [0.29, 0.717) is 16.4 Å². The van der Waals surface area contributed by atoms with E-state index in [0.717, 1.165) is 10.0 Å². The molecule has 0 saturated heterocycles. The molecule has 1 amide bonds. The number of thioether (sulfide) groups is 1. The Balaban J connectivity index is 1.98. The Labute approximate surface area is 173 Å². The van der Waals surface area contributed by atoms with Crippen LogP contribution in [0.2, 0.25) is 0 Å². The maximum absolute atomic E-state index is 14.0. The molecule has 1 aromatic heterocycles. The fraction of sp³-hybridized carbons (Fsp3) is 0.158. The average Bonchev–Trinajstić information content (AvgIpc) is 2.82. The maximum Gasteiger partial charge on any atom is 0.247 e. The zero-order valence-electron chi connectivity index (χ0n) is 14.9. The van der Waals surface area contributed by atoms with Crippen molar-refractivity contribution in [2.24, 2.45) is 0 Å². The predicted octanol–water partition coefficient (Wildman–Crippen LogP) is 4.61. The van der Waals surface area contributed by atoms with Gasteiger partial charge in [0.15, 0.2) is 5.69 Å². The minimum absolute atomic E-state index is 0.197. The van der Waals surface area contributed by atoms with Crippen LogP contribution in [0, 0.1) is 5.82 Å². The second-order valence-electron chi connectivity index (χ2n) is 6.02. The van der Waals surface area contributed by atoms with Crippen molar-refractivity contribution in [3.8, 4) is 17.1 Å². The number of hydrogen-bond donors (Lipinski definition) is 0. The molecule has 0 N–H and O–H groups in total. The van der Waals surface area contributed by atoms with Crippen molar-refractivity contribution in [1.82, 2.24) is 15.2 Å². The molecule has 4 rings (SSSR count). The van der Waals surface area contributed by atoms with E-state index in [1.54, 1.807) is 6.07 Å². The van der Waals surface area contributed by atoms with Gasteiger partial charge in [0.2, 0.25) is 23.2 Å². The topological polar surface area (TPSA) is 68.2 Å². The van der Waals surface area contributed by atoms with Gasteiger partial charge in [0.25, 0.3) is 0 Å². The molecule has 1 aliphatic heterocycles. The SMILES string of the molecule is CSc1nnc2c(n1)O[C@@H](c1ccc(Br)cc1)N(C(C)=O)c1ccc(F)cc1-2. The minimum atomic E-state index is -0.789. The van der Waals surface area contributed by atoms with Crippen molar-refractivity contribution >= 4 is 39.3 Å². The van der Waals surface area contributed by atoms with E-state index >= 15 is 0 Å². The Morgan fingerprint density at radius 3 is 2.64 bits per heavy atom. The van der Waals surface area contributed by atoms with Gasteiger partial charge in [0.1, 0.15) is 5.82 Å². The summed E-state index contributed by atoms with van der Waals surface area (Å²) in [5.41, 5.74) is 1.91. The highest BCUT2D eigenvalue weighted by atomic mass is 79.9. The summed E-state index contributed by atoms with van der Waals surface area (Å²) in [4.78, 5) is 18.5. The number of aromatic nitrogens is 3. The normalized spacial score (nSPS) is 15.3. The summed E-state index contributed by atoms with van der Waals surface area (Å²) < 4.78 is 21.1. The van der Waals surface area contributed by atoms with Crippen molar-refractivity contribution in [1.29, 1.82) is 0 Å². The standard InChI is InChI=1S/C19H14BrFN4O2S/c1-10(26)25-15-8-7-13(21)9-14(15)16-17(22-19(28-2)24-23-16)27-18(25)11-3-5-12(20)6-4-11/h3-9,18H,1-2H3/t18-/m0/s1. The molecule has 3 aromatic rings. The van der Waals surface area contributed by atoms with Crippen molar-refractivity contribution in [2.45, 2.75) is 18.3 Å². The highest BCUT2D eigenvalue weighted by molar-refractivity contribution is 9.10. The quantitative estimate of drug-likeness (QED) is 0.520. The van der Waals surface area contributed by atoms with Gasteiger partial charge in [-0.25, -0.2) is 4.39 Å². The molecule has 0 radical (unpaired) electrons. The van der Waals surface area contributed by atoms with Crippen LogP contribution < -0.4 is 9.64 Å². The third-order valence-corrected chi connectivity index (χ3v) is 5.31. The van der Waals surface area contributed by atoms with Crippen LogP contribution in [0.3, 0.4) is 0 Å². The smallest absolute Gasteiger partial charge is 0.247 e. The Bertz CT molecular complexity index is 1060. The summed E-state index contributed by atoms with van der Waals surface area (Å²) in [5, 5.41) is 8.67. The second kappa shape index (κ2) is 7.48. The van der Waals surface area contributed by atoms with E-state index in [1.165, 1.54) is 35.7 Å². The molecule has 0 fully saturated rings. The number of fused-ring (bicyclic) bond motifs is 3. The highest BCUT2D eigenvalue weighted by Gasteiger charge is 2.34. The lowest BCUT2D eigenvalue weighted by Crippen LogP contribution is -2.36. The van der Waals surface area contributed by atoms with Gasteiger partial charge in [-0.05, 0) is 36.6 Å². The van der Waals surface area contributed by atoms with Crippen LogP contribution in [0.5, 0.6) is 5.88 Å². The van der Waals surface area contributed by atoms with Gasteiger partial charge in [-0.15, -0.1) is 10.2 Å². The molecule has 1 atom stereocenters. The van der Waals surface area contributed by atoms with Gasteiger partial charge >= 0.3 is 0 Å². The summed E-state index contributed by atoms with van der Waals surface area (Å²) >= 11 is 4.72. The molecule has 6 nitrogen and oxygen atoms in total. The average molecular weight is 461 g/mol. The van der Waals surface area contributed by atoms with Crippen molar-refractivity contribution < 1.29 is 13.9 Å². The molecular formula is C19H14BrFN4O2S. The van der Waals surface area contributed by atoms with Gasteiger partial charge in [0, 0.05) is 22.5 Å². The fourth-order valence-electron chi connectivity index (χ4n) is 3.01. The summed E-state index contributed by atoms with van der Waals surface area (Å²) in [6.07, 6.45) is 1.03. The maximum atomic E-state index is 14.0. The predicted molar refractivity (Wildman–Crippen MR) is 108 cm³/mol. The number of benzene rings is 2. The van der Waals surface area contributed by atoms with Crippen LogP contribution in [-0.4, -0.2) is 27.3 Å². The molecule has 0 unspecified atom stereocenters. The third-order valence-electron chi connectivity index (χ3n) is 4.24. The molecule has 2 heterocycles. The van der Waals surface area contributed by atoms with Gasteiger partial charge in [-0.2, -0.15) is 4.98 Å². The molecule has 0 bridgehead atoms. The lowest BCUT2D eigenvalue weighted by Gasteiger charge is -2.29. The van der Waals surface area contributed by atoms with Crippen LogP contribution in [0.25, 0.3) is 11.3 Å². The number of hydrogen-bond acceptors (Lipinski definition) is 6. The van der Waals surface area contributed by atoms with Gasteiger partial charge in [-0.1, -0.05) is 39.8 Å². The van der Waals surface area contributed by atoms with Crippen LogP contribution in [0.1, 0.15) is 18.7 Å². The number of anilines is 1. The molecule has 0 spiro atoms. The fourth-order valence-corrected chi connectivity index (χ4v) is 3.57.